The predicted octanol–water partition coefficient (Wildman–Crippen LogP) is 9.15. The van der Waals surface area contributed by atoms with E-state index in [0.717, 1.165) is 36.0 Å². The second kappa shape index (κ2) is 17.9. The van der Waals surface area contributed by atoms with Crippen molar-refractivity contribution in [1.29, 1.82) is 0 Å². The maximum Gasteiger partial charge on any atom is 4.00 e. The molecule has 0 unspecified atom stereocenters. The van der Waals surface area contributed by atoms with Crippen molar-refractivity contribution in [2.24, 2.45) is 0 Å². The van der Waals surface area contributed by atoms with Gasteiger partial charge < -0.3 is 30.1 Å². The normalized spacial score (nSPS) is 12.5. The molecule has 0 radical (unpaired) electrons. The number of nitrogens with one attached hydrogen (secondary N) is 1. The number of fused-ring (bicyclic) bond motifs is 1. The molecule has 3 heterocycles. The molecule has 8 heteroatoms. The van der Waals surface area contributed by atoms with E-state index in [9.17, 15) is 0 Å². The van der Waals surface area contributed by atoms with Crippen molar-refractivity contribution in [2.75, 3.05) is 35.1 Å². The summed E-state index contributed by atoms with van der Waals surface area (Å²) in [4.78, 5) is 10.7. The van der Waals surface area contributed by atoms with Crippen LogP contribution in [0.1, 0.15) is 0 Å². The van der Waals surface area contributed by atoms with Crippen molar-refractivity contribution in [2.45, 2.75) is 0 Å². The first-order valence-corrected chi connectivity index (χ1v) is 17.0. The largest absolute Gasteiger partial charge is 4.00 e. The first-order valence-electron chi connectivity index (χ1n) is 17.0. The zero-order chi connectivity index (χ0) is 35.5. The van der Waals surface area contributed by atoms with E-state index in [-0.39, 0.29) is 21.1 Å². The van der Waals surface area contributed by atoms with Crippen LogP contribution in [-0.4, -0.2) is 30.5 Å². The van der Waals surface area contributed by atoms with Gasteiger partial charge in [-0.1, -0.05) is 90.8 Å². The summed E-state index contributed by atoms with van der Waals surface area (Å²) >= 11 is 0. The Hall–Kier alpha value is -6.17. The summed E-state index contributed by atoms with van der Waals surface area (Å²) in [5.74, 6) is 0.630. The molecule has 7 aromatic rings. The summed E-state index contributed by atoms with van der Waals surface area (Å²) in [5.41, 5.74) is 11.5. The molecule has 0 atom stereocenters. The van der Waals surface area contributed by atoms with E-state index in [2.05, 4.69) is 164 Å². The minimum absolute atomic E-state index is 0. The number of aromatic nitrogens is 3. The second-order valence-corrected chi connectivity index (χ2v) is 12.0. The summed E-state index contributed by atoms with van der Waals surface area (Å²) in [6.07, 6.45) is 5.25. The molecule has 2 aliphatic heterocycles. The van der Waals surface area contributed by atoms with E-state index >= 15 is 0 Å². The van der Waals surface area contributed by atoms with E-state index in [1.54, 1.807) is 0 Å². The van der Waals surface area contributed by atoms with Crippen LogP contribution in [0.4, 0.5) is 22.7 Å². The molecule has 0 saturated heterocycles. The Morgan fingerprint density at radius 1 is 0.679 bits per heavy atom. The third-order valence-electron chi connectivity index (χ3n) is 8.66. The number of para-hydroxylation sites is 2. The van der Waals surface area contributed by atoms with Gasteiger partial charge in [0.2, 0.25) is 0 Å². The maximum atomic E-state index is 3.93. The molecule has 2 aliphatic rings. The fourth-order valence-corrected chi connectivity index (χ4v) is 6.07. The van der Waals surface area contributed by atoms with Gasteiger partial charge in [-0.3, -0.25) is 5.10 Å². The van der Waals surface area contributed by atoms with Crippen LogP contribution in [0.2, 0.25) is 0 Å². The molecule has 0 bridgehead atoms. The molecule has 1 N–H and O–H groups in total. The summed E-state index contributed by atoms with van der Waals surface area (Å²) < 4.78 is 0. The van der Waals surface area contributed by atoms with Gasteiger partial charge in [0.05, 0.1) is 30.4 Å². The van der Waals surface area contributed by atoms with Crippen LogP contribution < -0.4 is 25.1 Å². The molecule has 262 valence electrons. The van der Waals surface area contributed by atoms with Gasteiger partial charge in [0.15, 0.2) is 0 Å². The smallest absolute Gasteiger partial charge is 0.473 e. The van der Waals surface area contributed by atoms with Gasteiger partial charge in [0.25, 0.3) is 0 Å². The van der Waals surface area contributed by atoms with E-state index < -0.39 is 0 Å². The SMILES string of the molecule is C=CC1=CNCN1c1[c-]ccc(-c2ccccc2)c1.CN1CN(c2[c-]ccc(-c3ccccc3)c2)c2ccccc21.[Pt+4].[c-]1ccccc1-c1ncn[n-]1. The van der Waals surface area contributed by atoms with Crippen molar-refractivity contribution in [3.8, 4) is 33.6 Å². The number of benzene rings is 6. The van der Waals surface area contributed by atoms with Gasteiger partial charge in [-0.15, -0.1) is 59.4 Å². The molecule has 9 rings (SSSR count). The van der Waals surface area contributed by atoms with Crippen LogP contribution in [-0.2, 0) is 21.1 Å². The average molecular weight is 871 g/mol. The molecule has 0 spiro atoms. The van der Waals surface area contributed by atoms with Crippen molar-refractivity contribution >= 4 is 22.7 Å². The van der Waals surface area contributed by atoms with Gasteiger partial charge in [-0.05, 0) is 29.3 Å². The molecule has 0 aliphatic carbocycles. The topological polar surface area (TPSA) is 61.6 Å². The monoisotopic (exact) mass is 870 g/mol. The number of anilines is 4. The summed E-state index contributed by atoms with van der Waals surface area (Å²) in [6, 6.07) is 59.1. The van der Waals surface area contributed by atoms with E-state index in [4.69, 9.17) is 0 Å². The molecule has 0 fully saturated rings. The molecular formula is C45H37N7Pt. The number of rotatable bonds is 6. The molecule has 0 saturated carbocycles. The fraction of sp³-hybridized carbons (Fsp3) is 0.0667. The zero-order valence-corrected chi connectivity index (χ0v) is 31.5. The molecule has 0 amide bonds. The third kappa shape index (κ3) is 8.83. The van der Waals surface area contributed by atoms with Crippen LogP contribution in [0.3, 0.4) is 0 Å². The average Bonchev–Trinajstić information content (AvgIpc) is 4.01. The van der Waals surface area contributed by atoms with Gasteiger partial charge in [-0.25, -0.2) is 0 Å². The minimum atomic E-state index is 0. The number of hydrogen-bond donors (Lipinski definition) is 1. The van der Waals surface area contributed by atoms with Crippen molar-refractivity contribution in [3.63, 3.8) is 0 Å². The Morgan fingerprint density at radius 2 is 1.28 bits per heavy atom. The van der Waals surface area contributed by atoms with Crippen molar-refractivity contribution in [1.82, 2.24) is 20.5 Å². The Balaban J connectivity index is 0.000000142. The Kier molecular flexibility index (Phi) is 12.3. The second-order valence-electron chi connectivity index (χ2n) is 12.0. The minimum Gasteiger partial charge on any atom is -0.473 e. The van der Waals surface area contributed by atoms with Gasteiger partial charge >= 0.3 is 21.1 Å². The molecule has 1 aromatic heterocycles. The van der Waals surface area contributed by atoms with E-state index in [0.29, 0.717) is 5.82 Å². The predicted molar refractivity (Wildman–Crippen MR) is 212 cm³/mol. The van der Waals surface area contributed by atoms with Crippen LogP contribution in [0.15, 0.2) is 176 Å². The zero-order valence-electron chi connectivity index (χ0n) is 29.2. The first-order chi connectivity index (χ1) is 25.7. The Morgan fingerprint density at radius 3 is 1.87 bits per heavy atom. The van der Waals surface area contributed by atoms with Crippen LogP contribution in [0.5, 0.6) is 0 Å². The number of allylic oxidation sites excluding steroid dienone is 1. The van der Waals surface area contributed by atoms with E-state index in [1.807, 2.05) is 60.8 Å². The number of nitrogens with zero attached hydrogens (tertiary/aromatic N) is 6. The molecule has 7 nitrogen and oxygen atoms in total. The van der Waals surface area contributed by atoms with Crippen molar-refractivity contribution in [3.05, 3.63) is 195 Å². The summed E-state index contributed by atoms with van der Waals surface area (Å²) in [5, 5.41) is 10.6. The maximum absolute atomic E-state index is 3.93. The fourth-order valence-electron chi connectivity index (χ4n) is 6.07. The van der Waals surface area contributed by atoms with Gasteiger partial charge in [-0.2, -0.15) is 42.0 Å². The molecule has 6 aromatic carbocycles. The molecular weight excluding hydrogens is 834 g/mol. The van der Waals surface area contributed by atoms with Gasteiger partial charge in [0, 0.05) is 19.6 Å². The molecule has 53 heavy (non-hydrogen) atoms. The van der Waals surface area contributed by atoms with Crippen molar-refractivity contribution < 1.29 is 21.1 Å². The standard InChI is InChI=1S/C20H17N2.C17H15N2.C8H5N3.Pt/c1-21-15-22(20-13-6-5-12-19(20)21)18-11-7-10-17(14-18)16-8-3-2-4-9-16;1-2-16-12-18-13-19(16)17-10-6-9-15(11-17)14-7-4-3-5-8-14;1-2-4-7(5-3-1)8-9-6-10-11-8;/h2-10,12-14H,15H2,1H3;2-9,11-12,18H,1,13H2;1-4,6H;/q2*-1;-2;+4. The summed E-state index contributed by atoms with van der Waals surface area (Å²) in [6.45, 7) is 5.45. The first kappa shape index (κ1) is 36.6. The quantitative estimate of drug-likeness (QED) is 0.168. The number of hydrogen-bond acceptors (Lipinski definition) is 6. The van der Waals surface area contributed by atoms with Gasteiger partial charge in [0.1, 0.15) is 0 Å². The summed E-state index contributed by atoms with van der Waals surface area (Å²) in [7, 11) is 2.12. The van der Waals surface area contributed by atoms with Crippen LogP contribution in [0, 0.1) is 18.2 Å². The van der Waals surface area contributed by atoms with E-state index in [1.165, 1.54) is 40.0 Å². The Bertz CT molecular complexity index is 2220. The van der Waals surface area contributed by atoms with Crippen LogP contribution in [0.25, 0.3) is 33.6 Å². The third-order valence-corrected chi connectivity index (χ3v) is 8.66. The van der Waals surface area contributed by atoms with Crippen LogP contribution >= 0.6 is 0 Å². The Labute approximate surface area is 326 Å².